The Bertz CT molecular complexity index is 1120. The van der Waals surface area contributed by atoms with Crippen LogP contribution < -0.4 is 0 Å². The third-order valence-corrected chi connectivity index (χ3v) is 6.81. The van der Waals surface area contributed by atoms with Gasteiger partial charge in [-0.15, -0.1) is 11.3 Å². The number of fused-ring (bicyclic) bond motifs is 1. The molecule has 146 valence electrons. The Balaban J connectivity index is 1.35. The quantitative estimate of drug-likeness (QED) is 0.409. The van der Waals surface area contributed by atoms with Gasteiger partial charge in [-0.05, 0) is 56.5 Å². The molecule has 4 aromatic rings. The fraction of sp³-hybridized carbons (Fsp3) is 0.280. The van der Waals surface area contributed by atoms with E-state index in [-0.39, 0.29) is 0 Å². The molecule has 1 fully saturated rings. The van der Waals surface area contributed by atoms with Gasteiger partial charge in [-0.25, -0.2) is 9.97 Å². The monoisotopic (exact) mass is 399 g/mol. The molecule has 3 nitrogen and oxygen atoms in total. The summed E-state index contributed by atoms with van der Waals surface area (Å²) >= 11 is 1.67. The van der Waals surface area contributed by atoms with E-state index in [4.69, 9.17) is 9.97 Å². The molecule has 0 amide bonds. The van der Waals surface area contributed by atoms with Crippen LogP contribution in [-0.2, 0) is 6.42 Å². The summed E-state index contributed by atoms with van der Waals surface area (Å²) in [5.74, 6) is 0. The van der Waals surface area contributed by atoms with Crippen LogP contribution in [0, 0.1) is 0 Å². The first-order valence-electron chi connectivity index (χ1n) is 10.4. The normalized spacial score (nSPS) is 17.2. The Morgan fingerprint density at radius 3 is 2.72 bits per heavy atom. The molecule has 0 unspecified atom stereocenters. The first kappa shape index (κ1) is 18.5. The molecule has 1 aliphatic heterocycles. The van der Waals surface area contributed by atoms with Crippen molar-refractivity contribution in [2.45, 2.75) is 32.2 Å². The largest absolute Gasteiger partial charge is 0.300 e. The molecule has 0 bridgehead atoms. The summed E-state index contributed by atoms with van der Waals surface area (Å²) in [6.45, 7) is 4.75. The number of pyridine rings is 1. The number of benzene rings is 2. The van der Waals surface area contributed by atoms with Crippen molar-refractivity contribution in [3.05, 3.63) is 71.6 Å². The minimum Gasteiger partial charge on any atom is -0.300 e. The van der Waals surface area contributed by atoms with Gasteiger partial charge in [-0.1, -0.05) is 42.5 Å². The van der Waals surface area contributed by atoms with Crippen LogP contribution in [0.5, 0.6) is 0 Å². The Hall–Kier alpha value is -2.56. The highest BCUT2D eigenvalue weighted by Gasteiger charge is 2.19. The summed E-state index contributed by atoms with van der Waals surface area (Å²) in [5.41, 5.74) is 5.47. The number of hydrogen-bond donors (Lipinski definition) is 0. The van der Waals surface area contributed by atoms with Crippen molar-refractivity contribution in [2.24, 2.45) is 0 Å². The molecular weight excluding hydrogens is 374 g/mol. The maximum Gasteiger partial charge on any atom is 0.124 e. The van der Waals surface area contributed by atoms with Gasteiger partial charge in [-0.3, -0.25) is 0 Å². The average molecular weight is 400 g/mol. The Kier molecular flexibility index (Phi) is 5.13. The SMILES string of the molecule is C[C@@H]1CCCN1CCc1ccc2nc(-c3csc(-c4ccccc4)n3)ccc2c1. The molecule has 4 heteroatoms. The van der Waals surface area contributed by atoms with E-state index in [0.717, 1.165) is 46.5 Å². The number of likely N-dealkylation sites (tertiary alicyclic amines) is 1. The number of rotatable bonds is 5. The van der Waals surface area contributed by atoms with Gasteiger partial charge in [0.2, 0.25) is 0 Å². The third-order valence-electron chi connectivity index (χ3n) is 5.92. The number of thiazole rings is 1. The van der Waals surface area contributed by atoms with Crippen molar-refractivity contribution in [1.82, 2.24) is 14.9 Å². The van der Waals surface area contributed by atoms with E-state index < -0.39 is 0 Å². The second-order valence-corrected chi connectivity index (χ2v) is 8.76. The Morgan fingerprint density at radius 2 is 1.90 bits per heavy atom. The second kappa shape index (κ2) is 8.05. The van der Waals surface area contributed by atoms with Crippen LogP contribution in [0.25, 0.3) is 32.9 Å². The van der Waals surface area contributed by atoms with Crippen molar-refractivity contribution in [2.75, 3.05) is 13.1 Å². The zero-order valence-electron chi connectivity index (χ0n) is 16.7. The first-order valence-corrected chi connectivity index (χ1v) is 11.3. The topological polar surface area (TPSA) is 29.0 Å². The molecule has 0 aliphatic carbocycles. The lowest BCUT2D eigenvalue weighted by molar-refractivity contribution is 0.272. The summed E-state index contributed by atoms with van der Waals surface area (Å²) in [6, 6.07) is 22.0. The van der Waals surface area contributed by atoms with Crippen LogP contribution in [-0.4, -0.2) is 34.0 Å². The van der Waals surface area contributed by atoms with E-state index in [1.807, 2.05) is 18.2 Å². The van der Waals surface area contributed by atoms with Crippen LogP contribution in [0.3, 0.4) is 0 Å². The Labute approximate surface area is 176 Å². The highest BCUT2D eigenvalue weighted by molar-refractivity contribution is 7.13. The lowest BCUT2D eigenvalue weighted by Crippen LogP contribution is -2.28. The molecule has 2 aromatic carbocycles. The zero-order valence-corrected chi connectivity index (χ0v) is 17.5. The van der Waals surface area contributed by atoms with Gasteiger partial charge >= 0.3 is 0 Å². The van der Waals surface area contributed by atoms with Gasteiger partial charge in [0.1, 0.15) is 10.7 Å². The highest BCUT2D eigenvalue weighted by atomic mass is 32.1. The molecule has 2 aromatic heterocycles. The molecule has 29 heavy (non-hydrogen) atoms. The number of aromatic nitrogens is 2. The smallest absolute Gasteiger partial charge is 0.124 e. The molecule has 0 N–H and O–H groups in total. The maximum atomic E-state index is 4.88. The molecule has 1 atom stereocenters. The van der Waals surface area contributed by atoms with Gasteiger partial charge in [0.05, 0.1) is 11.2 Å². The third kappa shape index (κ3) is 3.96. The molecule has 1 aliphatic rings. The van der Waals surface area contributed by atoms with Gasteiger partial charge in [0.15, 0.2) is 0 Å². The summed E-state index contributed by atoms with van der Waals surface area (Å²) in [4.78, 5) is 12.3. The van der Waals surface area contributed by atoms with E-state index in [1.54, 1.807) is 11.3 Å². The van der Waals surface area contributed by atoms with E-state index >= 15 is 0 Å². The van der Waals surface area contributed by atoms with E-state index in [0.29, 0.717) is 0 Å². The van der Waals surface area contributed by atoms with Crippen LogP contribution in [0.1, 0.15) is 25.3 Å². The van der Waals surface area contributed by atoms with Crippen molar-refractivity contribution < 1.29 is 0 Å². The predicted octanol–water partition coefficient (Wildman–Crippen LogP) is 6.05. The van der Waals surface area contributed by atoms with Gasteiger partial charge in [0, 0.05) is 28.9 Å². The maximum absolute atomic E-state index is 4.88. The van der Waals surface area contributed by atoms with Crippen molar-refractivity contribution in [1.29, 1.82) is 0 Å². The minimum atomic E-state index is 0.735. The van der Waals surface area contributed by atoms with Crippen molar-refractivity contribution in [3.8, 4) is 22.0 Å². The lowest BCUT2D eigenvalue weighted by atomic mass is 10.1. The van der Waals surface area contributed by atoms with Crippen LogP contribution in [0.2, 0.25) is 0 Å². The summed E-state index contributed by atoms with van der Waals surface area (Å²) in [6.07, 6.45) is 3.79. The fourth-order valence-corrected chi connectivity index (χ4v) is 5.00. The fourth-order valence-electron chi connectivity index (χ4n) is 4.18. The Morgan fingerprint density at radius 1 is 1.00 bits per heavy atom. The van der Waals surface area contributed by atoms with E-state index in [2.05, 4.69) is 59.7 Å². The van der Waals surface area contributed by atoms with Gasteiger partial charge in [0.25, 0.3) is 0 Å². The van der Waals surface area contributed by atoms with Crippen LogP contribution >= 0.6 is 11.3 Å². The van der Waals surface area contributed by atoms with Gasteiger partial charge in [-0.2, -0.15) is 0 Å². The molecular formula is C25H25N3S. The minimum absolute atomic E-state index is 0.735. The predicted molar refractivity (Wildman–Crippen MR) is 122 cm³/mol. The van der Waals surface area contributed by atoms with Crippen LogP contribution in [0.15, 0.2) is 66.0 Å². The zero-order chi connectivity index (χ0) is 19.6. The lowest BCUT2D eigenvalue weighted by Gasteiger charge is -2.20. The number of nitrogens with zero attached hydrogens (tertiary/aromatic N) is 3. The summed E-state index contributed by atoms with van der Waals surface area (Å²) < 4.78 is 0. The van der Waals surface area contributed by atoms with Crippen molar-refractivity contribution >= 4 is 22.2 Å². The second-order valence-electron chi connectivity index (χ2n) is 7.90. The standard InChI is InChI=1S/C25H25N3S/c1-18-6-5-14-28(18)15-13-19-9-11-22-21(16-19)10-12-23(26-22)24-17-29-25(27-24)20-7-3-2-4-8-20/h2-4,7-12,16-18H,5-6,13-15H2,1H3/t18-/m1/s1. The van der Waals surface area contributed by atoms with Crippen LogP contribution in [0.4, 0.5) is 0 Å². The summed E-state index contributed by atoms with van der Waals surface area (Å²) in [5, 5.41) is 4.34. The molecule has 3 heterocycles. The summed E-state index contributed by atoms with van der Waals surface area (Å²) in [7, 11) is 0. The molecule has 0 saturated carbocycles. The van der Waals surface area contributed by atoms with E-state index in [9.17, 15) is 0 Å². The first-order chi connectivity index (χ1) is 14.3. The van der Waals surface area contributed by atoms with E-state index in [1.165, 1.54) is 30.3 Å². The van der Waals surface area contributed by atoms with Gasteiger partial charge < -0.3 is 4.90 Å². The molecule has 5 rings (SSSR count). The molecule has 0 radical (unpaired) electrons. The molecule has 0 spiro atoms. The number of hydrogen-bond acceptors (Lipinski definition) is 4. The molecule has 1 saturated heterocycles. The average Bonchev–Trinajstić information content (AvgIpc) is 3.42. The highest BCUT2D eigenvalue weighted by Crippen LogP contribution is 2.29. The van der Waals surface area contributed by atoms with Crippen molar-refractivity contribution in [3.63, 3.8) is 0 Å².